The Balaban J connectivity index is 1.85. The highest BCUT2D eigenvalue weighted by Crippen LogP contribution is 2.54. The lowest BCUT2D eigenvalue weighted by Gasteiger charge is -2.56. The number of nitrogens with two attached hydrogens (primary N) is 1. The van der Waals surface area contributed by atoms with Gasteiger partial charge in [-0.15, -0.1) is 0 Å². The molecule has 0 saturated heterocycles. The van der Waals surface area contributed by atoms with E-state index in [0.29, 0.717) is 23.6 Å². The molecule has 11 heteroatoms. The Labute approximate surface area is 220 Å². The van der Waals surface area contributed by atoms with Gasteiger partial charge in [0.05, 0.1) is 29.5 Å². The number of phenolic OH excluding ortho intramolecular Hbond substituents is 1. The molecule has 0 radical (unpaired) electrons. The summed E-state index contributed by atoms with van der Waals surface area (Å²) in [5.41, 5.74) is 3.08. The molecule has 2 fully saturated rings. The molecular formula is C27H35N3O8. The molecule has 11 nitrogen and oxygen atoms in total. The van der Waals surface area contributed by atoms with Crippen molar-refractivity contribution >= 4 is 29.0 Å². The van der Waals surface area contributed by atoms with E-state index in [1.54, 1.807) is 19.1 Å². The van der Waals surface area contributed by atoms with Gasteiger partial charge in [0, 0.05) is 18.0 Å². The van der Waals surface area contributed by atoms with Crippen molar-refractivity contribution in [3.8, 4) is 5.75 Å². The molecule has 0 aromatic heterocycles. The van der Waals surface area contributed by atoms with Gasteiger partial charge in [0.15, 0.2) is 34.7 Å². The average molecular weight is 530 g/mol. The number of hydrogen-bond donors (Lipinski definition) is 5. The number of nitrogens with one attached hydrogen (secondary N) is 1. The number of Topliss-reactive ketones (excluding diaryl/α,β-unsaturated/α-hetero) is 4. The molecule has 1 amide bonds. The summed E-state index contributed by atoms with van der Waals surface area (Å²) in [4.78, 5) is 67.7. The maximum Gasteiger partial charge on any atom is 0.235 e. The molecule has 3 aliphatic rings. The zero-order valence-corrected chi connectivity index (χ0v) is 22.1. The molecule has 0 aliphatic heterocycles. The maximum absolute atomic E-state index is 13.9. The summed E-state index contributed by atoms with van der Waals surface area (Å²) in [6.07, 6.45) is -1.64. The number of ketones is 4. The molecular weight excluding hydrogens is 494 g/mol. The number of rotatable bonds is 6. The Bertz CT molecular complexity index is 1230. The number of phenols is 1. The van der Waals surface area contributed by atoms with E-state index in [1.807, 2.05) is 13.8 Å². The largest absolute Gasteiger partial charge is 0.507 e. The molecule has 3 aliphatic carbocycles. The van der Waals surface area contributed by atoms with E-state index in [1.165, 1.54) is 19.0 Å². The van der Waals surface area contributed by atoms with E-state index >= 15 is 0 Å². The Kier molecular flexibility index (Phi) is 7.11. The second-order valence-electron chi connectivity index (χ2n) is 11.4. The van der Waals surface area contributed by atoms with Crippen LogP contribution in [-0.4, -0.2) is 87.6 Å². The highest BCUT2D eigenvalue weighted by molar-refractivity contribution is 6.32. The number of carbonyl (C=O) groups is 5. The van der Waals surface area contributed by atoms with E-state index in [-0.39, 0.29) is 17.9 Å². The maximum atomic E-state index is 13.9. The van der Waals surface area contributed by atoms with Crippen LogP contribution in [0.3, 0.4) is 0 Å². The van der Waals surface area contributed by atoms with Crippen LogP contribution in [0.4, 0.5) is 0 Å². The van der Waals surface area contributed by atoms with Gasteiger partial charge in [0.1, 0.15) is 5.75 Å². The van der Waals surface area contributed by atoms with Gasteiger partial charge in [-0.2, -0.15) is 0 Å². The smallest absolute Gasteiger partial charge is 0.235 e. The number of amides is 1. The highest BCUT2D eigenvalue weighted by atomic mass is 16.3. The first-order chi connectivity index (χ1) is 17.7. The van der Waals surface area contributed by atoms with Crippen LogP contribution in [-0.2, 0) is 25.7 Å². The van der Waals surface area contributed by atoms with Crippen LogP contribution in [0.2, 0.25) is 0 Å². The van der Waals surface area contributed by atoms with E-state index in [4.69, 9.17) is 5.73 Å². The van der Waals surface area contributed by atoms with Gasteiger partial charge in [-0.25, -0.2) is 0 Å². The second kappa shape index (κ2) is 9.64. The van der Waals surface area contributed by atoms with Crippen LogP contribution in [0.5, 0.6) is 5.75 Å². The van der Waals surface area contributed by atoms with Crippen LogP contribution < -0.4 is 11.1 Å². The van der Waals surface area contributed by atoms with Crippen molar-refractivity contribution in [3.05, 3.63) is 28.8 Å². The van der Waals surface area contributed by atoms with Crippen LogP contribution in [0.15, 0.2) is 12.1 Å². The molecule has 1 aromatic carbocycles. The first-order valence-electron chi connectivity index (χ1n) is 12.8. The fourth-order valence-electron chi connectivity index (χ4n) is 6.67. The van der Waals surface area contributed by atoms with Gasteiger partial charge in [0.25, 0.3) is 0 Å². The molecule has 2 saturated carbocycles. The third kappa shape index (κ3) is 3.83. The lowest BCUT2D eigenvalue weighted by Crippen LogP contribution is -2.77. The summed E-state index contributed by atoms with van der Waals surface area (Å²) in [5.74, 6) is -12.8. The molecule has 0 spiro atoms. The third-order valence-corrected chi connectivity index (χ3v) is 8.44. The summed E-state index contributed by atoms with van der Waals surface area (Å²) < 4.78 is 0. The van der Waals surface area contributed by atoms with Crippen molar-refractivity contribution in [2.45, 2.75) is 51.0 Å². The van der Waals surface area contributed by atoms with Crippen LogP contribution in [0.1, 0.15) is 48.2 Å². The predicted molar refractivity (Wildman–Crippen MR) is 134 cm³/mol. The number of benzene rings is 1. The van der Waals surface area contributed by atoms with Crippen molar-refractivity contribution in [3.63, 3.8) is 0 Å². The van der Waals surface area contributed by atoms with Gasteiger partial charge in [0.2, 0.25) is 5.91 Å². The van der Waals surface area contributed by atoms with Gasteiger partial charge in [-0.3, -0.25) is 28.9 Å². The summed E-state index contributed by atoms with van der Waals surface area (Å²) in [7, 11) is 2.91. The molecule has 6 N–H and O–H groups in total. The van der Waals surface area contributed by atoms with Crippen molar-refractivity contribution in [2.24, 2.45) is 35.3 Å². The lowest BCUT2D eigenvalue weighted by atomic mass is 9.49. The van der Waals surface area contributed by atoms with Crippen molar-refractivity contribution in [1.29, 1.82) is 0 Å². The summed E-state index contributed by atoms with van der Waals surface area (Å²) in [5, 5.41) is 37.5. The molecule has 8 atom stereocenters. The monoisotopic (exact) mass is 529 g/mol. The standard InChI is InChI=1S/C27H35N3O8/c1-10(2)8-29-9-12-6-7-13-11(3)14-16(21(32)15(13)20(12)31)24(35)27(38)18(22(14)33)19(30(4)5)23(34)17(25(27)36)26(28)37/h6-7,10-11,14,16-19,22,29,31,33,38H,8-9H2,1-5H3,(H2,28,37)/t11-,14+,16?,17?,18+,19-,22-,27-/m0/s1. The Morgan fingerprint density at radius 1 is 1.16 bits per heavy atom. The number of nitrogens with zero attached hydrogens (tertiary/aromatic N) is 1. The highest BCUT2D eigenvalue weighted by Gasteiger charge is 2.72. The molecule has 0 bridgehead atoms. The van der Waals surface area contributed by atoms with E-state index in [9.17, 15) is 39.3 Å². The van der Waals surface area contributed by atoms with E-state index in [0.717, 1.165) is 0 Å². The van der Waals surface area contributed by atoms with Crippen molar-refractivity contribution < 1.29 is 39.3 Å². The van der Waals surface area contributed by atoms with Crippen LogP contribution >= 0.6 is 0 Å². The molecule has 38 heavy (non-hydrogen) atoms. The quantitative estimate of drug-likeness (QED) is 0.290. The van der Waals surface area contributed by atoms with Crippen molar-refractivity contribution in [1.82, 2.24) is 10.2 Å². The number of carbonyl (C=O) groups excluding carboxylic acids is 5. The van der Waals surface area contributed by atoms with Gasteiger partial charge >= 0.3 is 0 Å². The van der Waals surface area contributed by atoms with Crippen LogP contribution in [0, 0.1) is 29.6 Å². The zero-order valence-electron chi connectivity index (χ0n) is 22.1. The topological polar surface area (TPSA) is 187 Å². The minimum atomic E-state index is -3.00. The van der Waals surface area contributed by atoms with Crippen LogP contribution in [0.25, 0.3) is 0 Å². The van der Waals surface area contributed by atoms with Gasteiger partial charge < -0.3 is 26.4 Å². The summed E-state index contributed by atoms with van der Waals surface area (Å²) in [6, 6.07) is 1.95. The predicted octanol–water partition coefficient (Wildman–Crippen LogP) is -0.856. The number of primary amides is 1. The van der Waals surface area contributed by atoms with Gasteiger partial charge in [-0.1, -0.05) is 32.9 Å². The number of aliphatic hydroxyl groups is 2. The number of fused-ring (bicyclic) bond motifs is 3. The first-order valence-corrected chi connectivity index (χ1v) is 12.8. The molecule has 2 unspecified atom stereocenters. The minimum Gasteiger partial charge on any atom is -0.507 e. The number of likely N-dealkylation sites (N-methyl/N-ethyl adjacent to an activating group) is 1. The van der Waals surface area contributed by atoms with Gasteiger partial charge in [-0.05, 0) is 38.0 Å². The Morgan fingerprint density at radius 2 is 1.79 bits per heavy atom. The molecule has 206 valence electrons. The fourth-order valence-corrected chi connectivity index (χ4v) is 6.67. The number of aliphatic hydroxyl groups excluding tert-OH is 1. The van der Waals surface area contributed by atoms with E-state index < -0.39 is 76.4 Å². The number of hydrogen-bond acceptors (Lipinski definition) is 10. The molecule has 4 rings (SSSR count). The second-order valence-corrected chi connectivity index (χ2v) is 11.4. The fraction of sp³-hybridized carbons (Fsp3) is 0.593. The number of aromatic hydroxyl groups is 1. The summed E-state index contributed by atoms with van der Waals surface area (Å²) in [6.45, 7) is 6.66. The third-order valence-electron chi connectivity index (χ3n) is 8.44. The van der Waals surface area contributed by atoms with Crippen molar-refractivity contribution in [2.75, 3.05) is 20.6 Å². The first kappa shape index (κ1) is 28.0. The minimum absolute atomic E-state index is 0.0971. The normalized spacial score (nSPS) is 34.8. The summed E-state index contributed by atoms with van der Waals surface area (Å²) >= 11 is 0. The lowest BCUT2D eigenvalue weighted by molar-refractivity contribution is -0.196. The zero-order chi connectivity index (χ0) is 28.4. The molecule has 1 aromatic rings. The Morgan fingerprint density at radius 3 is 2.34 bits per heavy atom. The van der Waals surface area contributed by atoms with E-state index in [2.05, 4.69) is 5.32 Å². The SMILES string of the molecule is CC(C)CNCc1ccc2c(c1O)C(=O)C1C(=O)[C@]3(O)C(=O)C(C(N)=O)C(=O)[C@@H](N(C)C)[C@@H]3[C@@H](O)[C@@H]1[C@H]2C. The Hall–Kier alpha value is -2.99. The molecule has 0 heterocycles. The average Bonchev–Trinajstić information content (AvgIpc) is 2.82.